The predicted molar refractivity (Wildman–Crippen MR) is 58.9 cm³/mol. The summed E-state index contributed by atoms with van der Waals surface area (Å²) in [6.45, 7) is 5.19. The van der Waals surface area contributed by atoms with Gasteiger partial charge >= 0.3 is 5.97 Å². The van der Waals surface area contributed by atoms with Gasteiger partial charge in [0.1, 0.15) is 6.10 Å². The van der Waals surface area contributed by atoms with E-state index in [2.05, 4.69) is 5.32 Å². The molecular formula is C10H21NO5. The molecule has 0 aliphatic heterocycles. The lowest BCUT2D eigenvalue weighted by Gasteiger charge is -2.15. The maximum Gasteiger partial charge on any atom is 0.305 e. The van der Waals surface area contributed by atoms with Gasteiger partial charge in [-0.15, -0.1) is 0 Å². The number of aliphatic hydroxyl groups is 2. The maximum absolute atomic E-state index is 11.1. The third-order valence-corrected chi connectivity index (χ3v) is 1.73. The van der Waals surface area contributed by atoms with Crippen LogP contribution in [0.4, 0.5) is 0 Å². The molecule has 0 spiro atoms. The van der Waals surface area contributed by atoms with Gasteiger partial charge in [0.05, 0.1) is 6.42 Å². The highest BCUT2D eigenvalue weighted by Crippen LogP contribution is 2.00. The number of amides is 1. The minimum atomic E-state index is -1.30. The van der Waals surface area contributed by atoms with Gasteiger partial charge in [-0.1, -0.05) is 20.8 Å². The highest BCUT2D eigenvalue weighted by atomic mass is 16.4. The molecule has 0 aliphatic rings. The van der Waals surface area contributed by atoms with E-state index in [4.69, 9.17) is 10.2 Å². The summed E-state index contributed by atoms with van der Waals surface area (Å²) >= 11 is 0. The summed E-state index contributed by atoms with van der Waals surface area (Å²) in [5.74, 6) is -2.23. The third-order valence-electron chi connectivity index (χ3n) is 1.73. The molecule has 0 fully saturated rings. The van der Waals surface area contributed by atoms with Crippen LogP contribution in [0.2, 0.25) is 0 Å². The van der Waals surface area contributed by atoms with Crippen LogP contribution in [0, 0.1) is 5.92 Å². The lowest BCUT2D eigenvalue weighted by molar-refractivity contribution is -0.137. The first kappa shape index (κ1) is 17.3. The Labute approximate surface area is 95.3 Å². The molecule has 0 aliphatic carbocycles. The zero-order valence-electron chi connectivity index (χ0n) is 9.93. The first-order valence-corrected chi connectivity index (χ1v) is 5.27. The highest BCUT2D eigenvalue weighted by molar-refractivity contribution is 5.81. The first-order valence-electron chi connectivity index (χ1n) is 5.27. The Kier molecular flexibility index (Phi) is 11.2. The minimum Gasteiger partial charge on any atom is -0.481 e. The van der Waals surface area contributed by atoms with Crippen molar-refractivity contribution in [2.75, 3.05) is 13.2 Å². The summed E-state index contributed by atoms with van der Waals surface area (Å²) in [6, 6.07) is 0. The molecule has 0 aromatic carbocycles. The zero-order chi connectivity index (χ0) is 13.1. The smallest absolute Gasteiger partial charge is 0.305 e. The van der Waals surface area contributed by atoms with Crippen molar-refractivity contribution in [2.45, 2.75) is 33.3 Å². The van der Waals surface area contributed by atoms with Crippen LogP contribution in [-0.2, 0) is 9.59 Å². The number of aliphatic hydroxyl groups excluding tert-OH is 2. The van der Waals surface area contributed by atoms with Gasteiger partial charge in [0.15, 0.2) is 0 Å². The van der Waals surface area contributed by atoms with Crippen LogP contribution >= 0.6 is 0 Å². The molecule has 0 bridgehead atoms. The molecule has 0 saturated carbocycles. The highest BCUT2D eigenvalue weighted by Gasteiger charge is 2.21. The van der Waals surface area contributed by atoms with Gasteiger partial charge in [0, 0.05) is 19.1 Å². The molecule has 0 aromatic heterocycles. The van der Waals surface area contributed by atoms with Crippen molar-refractivity contribution in [1.29, 1.82) is 0 Å². The van der Waals surface area contributed by atoms with Crippen LogP contribution in [0.5, 0.6) is 0 Å². The Bertz CT molecular complexity index is 207. The molecule has 96 valence electrons. The maximum atomic E-state index is 11.1. The fraction of sp³-hybridized carbons (Fsp3) is 0.800. The Morgan fingerprint density at radius 3 is 2.19 bits per heavy atom. The normalized spacial score (nSPS) is 13.1. The minimum absolute atomic E-state index is 0.0244. The van der Waals surface area contributed by atoms with Crippen LogP contribution in [-0.4, -0.2) is 46.5 Å². The Balaban J connectivity index is 0. The van der Waals surface area contributed by atoms with Crippen LogP contribution in [0.1, 0.15) is 27.2 Å². The largest absolute Gasteiger partial charge is 0.481 e. The van der Waals surface area contributed by atoms with Crippen LogP contribution in [0.15, 0.2) is 0 Å². The second-order valence-corrected chi connectivity index (χ2v) is 3.04. The van der Waals surface area contributed by atoms with Crippen LogP contribution in [0.3, 0.4) is 0 Å². The summed E-state index contributed by atoms with van der Waals surface area (Å²) in [6.07, 6.45) is -1.49. The van der Waals surface area contributed by atoms with E-state index in [9.17, 15) is 14.7 Å². The number of carboxylic acids is 1. The molecule has 16 heavy (non-hydrogen) atoms. The molecule has 2 unspecified atom stereocenters. The lowest BCUT2D eigenvalue weighted by atomic mass is 10.1. The van der Waals surface area contributed by atoms with E-state index in [0.717, 1.165) is 0 Å². The number of hydrogen-bond acceptors (Lipinski definition) is 4. The van der Waals surface area contributed by atoms with Crippen LogP contribution < -0.4 is 5.32 Å². The molecule has 0 aromatic rings. The number of nitrogens with one attached hydrogen (secondary N) is 1. The van der Waals surface area contributed by atoms with Crippen molar-refractivity contribution in [2.24, 2.45) is 5.92 Å². The Morgan fingerprint density at radius 1 is 1.31 bits per heavy atom. The average Bonchev–Trinajstić information content (AvgIpc) is 2.29. The number of aliphatic carboxylic acids is 1. The van der Waals surface area contributed by atoms with Gasteiger partial charge < -0.3 is 20.6 Å². The van der Waals surface area contributed by atoms with Gasteiger partial charge in [-0.05, 0) is 0 Å². The predicted octanol–water partition coefficient (Wildman–Crippen LogP) is -0.407. The quantitative estimate of drug-likeness (QED) is 0.501. The van der Waals surface area contributed by atoms with Gasteiger partial charge in [-0.2, -0.15) is 0 Å². The van der Waals surface area contributed by atoms with Crippen molar-refractivity contribution < 1.29 is 24.9 Å². The summed E-state index contributed by atoms with van der Waals surface area (Å²) < 4.78 is 0. The SMILES string of the molecule is CC.CC(CO)C(O)C(=O)NCCC(=O)O. The summed E-state index contributed by atoms with van der Waals surface area (Å²) in [5.41, 5.74) is 0. The van der Waals surface area contributed by atoms with E-state index in [1.54, 1.807) is 0 Å². The van der Waals surface area contributed by atoms with Crippen LogP contribution in [0.25, 0.3) is 0 Å². The Hall–Kier alpha value is -1.14. The third kappa shape index (κ3) is 8.19. The van der Waals surface area contributed by atoms with E-state index in [1.165, 1.54) is 6.92 Å². The van der Waals surface area contributed by atoms with E-state index >= 15 is 0 Å². The first-order chi connectivity index (χ1) is 7.49. The molecule has 6 heteroatoms. The van der Waals surface area contributed by atoms with E-state index in [0.29, 0.717) is 0 Å². The molecule has 1 amide bonds. The fourth-order valence-corrected chi connectivity index (χ4v) is 0.755. The molecular weight excluding hydrogens is 214 g/mol. The van der Waals surface area contributed by atoms with Crippen molar-refractivity contribution in [3.8, 4) is 0 Å². The summed E-state index contributed by atoms with van der Waals surface area (Å²) in [5, 5.41) is 28.4. The number of carbonyl (C=O) groups is 2. The Morgan fingerprint density at radius 2 is 1.81 bits per heavy atom. The van der Waals surface area contributed by atoms with E-state index < -0.39 is 23.9 Å². The second-order valence-electron chi connectivity index (χ2n) is 3.04. The standard InChI is InChI=1S/C8H15NO5.C2H6/c1-5(4-10)7(13)8(14)9-3-2-6(11)12;1-2/h5,7,10,13H,2-4H2,1H3,(H,9,14)(H,11,12);1-2H3. The second kappa shape index (κ2) is 10.4. The molecule has 0 rings (SSSR count). The summed E-state index contributed by atoms with van der Waals surface area (Å²) in [4.78, 5) is 21.1. The number of carboxylic acid groups (broad SMARTS) is 1. The van der Waals surface area contributed by atoms with Gasteiger partial charge in [-0.3, -0.25) is 9.59 Å². The molecule has 6 nitrogen and oxygen atoms in total. The zero-order valence-corrected chi connectivity index (χ0v) is 9.93. The van der Waals surface area contributed by atoms with Crippen molar-refractivity contribution in [3.63, 3.8) is 0 Å². The van der Waals surface area contributed by atoms with Gasteiger partial charge in [-0.25, -0.2) is 0 Å². The van der Waals surface area contributed by atoms with Crippen molar-refractivity contribution in [1.82, 2.24) is 5.32 Å². The molecule has 0 saturated heterocycles. The number of carbonyl (C=O) groups excluding carboxylic acids is 1. The molecule has 4 N–H and O–H groups in total. The topological polar surface area (TPSA) is 107 Å². The number of rotatable bonds is 6. The molecule has 0 heterocycles. The average molecular weight is 235 g/mol. The van der Waals surface area contributed by atoms with Crippen molar-refractivity contribution in [3.05, 3.63) is 0 Å². The van der Waals surface area contributed by atoms with E-state index in [1.807, 2.05) is 13.8 Å². The van der Waals surface area contributed by atoms with Crippen molar-refractivity contribution >= 4 is 11.9 Å². The monoisotopic (exact) mass is 235 g/mol. The van der Waals surface area contributed by atoms with Gasteiger partial charge in [0.2, 0.25) is 5.91 Å². The lowest BCUT2D eigenvalue weighted by Crippen LogP contribution is -2.40. The fourth-order valence-electron chi connectivity index (χ4n) is 0.755. The molecule has 2 atom stereocenters. The van der Waals surface area contributed by atoms with E-state index in [-0.39, 0.29) is 19.6 Å². The number of hydrogen-bond donors (Lipinski definition) is 4. The van der Waals surface area contributed by atoms with Gasteiger partial charge in [0.25, 0.3) is 0 Å². The molecule has 0 radical (unpaired) electrons. The summed E-state index contributed by atoms with van der Waals surface area (Å²) in [7, 11) is 0.